The summed E-state index contributed by atoms with van der Waals surface area (Å²) < 4.78 is 34.5. The van der Waals surface area contributed by atoms with Crippen molar-refractivity contribution in [3.8, 4) is 5.75 Å². The number of rotatable bonds is 7. The molecule has 0 radical (unpaired) electrons. The third kappa shape index (κ3) is 4.77. The molecular formula is C15H18N2O3S. The maximum absolute atomic E-state index is 12.1. The Kier molecular flexibility index (Phi) is 5.19. The van der Waals surface area contributed by atoms with E-state index in [4.69, 9.17) is 4.74 Å². The van der Waals surface area contributed by atoms with Gasteiger partial charge in [0.15, 0.2) is 0 Å². The zero-order chi connectivity index (χ0) is 15.1. The fourth-order valence-electron chi connectivity index (χ4n) is 1.79. The number of para-hydroxylation sites is 2. The minimum atomic E-state index is -3.65. The minimum absolute atomic E-state index is 0.229. The standard InChI is InChI=1S/C15H18N2O3S/c1-2-20-15-11-7-6-10-14(15)17-21(18,19)16-12-13-8-4-3-5-9-13/h3-11,16-17H,2,12H2,1H3. The molecule has 0 spiro atoms. The Morgan fingerprint density at radius 1 is 1.00 bits per heavy atom. The topological polar surface area (TPSA) is 67.4 Å². The van der Waals surface area contributed by atoms with E-state index in [1.165, 1.54) is 0 Å². The average molecular weight is 306 g/mol. The van der Waals surface area contributed by atoms with Crippen LogP contribution in [0.2, 0.25) is 0 Å². The van der Waals surface area contributed by atoms with Crippen LogP contribution in [0.5, 0.6) is 5.75 Å². The Labute approximate surface area is 125 Å². The van der Waals surface area contributed by atoms with Crippen LogP contribution in [-0.2, 0) is 16.8 Å². The molecule has 2 rings (SSSR count). The van der Waals surface area contributed by atoms with Crippen molar-refractivity contribution in [3.63, 3.8) is 0 Å². The molecule has 5 nitrogen and oxygen atoms in total. The molecule has 0 fully saturated rings. The van der Waals surface area contributed by atoms with Crippen LogP contribution in [0.4, 0.5) is 5.69 Å². The molecule has 0 amide bonds. The van der Waals surface area contributed by atoms with Crippen LogP contribution in [0, 0.1) is 0 Å². The molecule has 0 aliphatic heterocycles. The fourth-order valence-corrected chi connectivity index (χ4v) is 2.67. The lowest BCUT2D eigenvalue weighted by atomic mass is 10.2. The maximum Gasteiger partial charge on any atom is 0.299 e. The summed E-state index contributed by atoms with van der Waals surface area (Å²) in [7, 11) is -3.65. The van der Waals surface area contributed by atoms with E-state index < -0.39 is 10.2 Å². The van der Waals surface area contributed by atoms with Crippen LogP contribution in [0.25, 0.3) is 0 Å². The highest BCUT2D eigenvalue weighted by Crippen LogP contribution is 2.24. The Morgan fingerprint density at radius 3 is 2.38 bits per heavy atom. The van der Waals surface area contributed by atoms with Gasteiger partial charge in [0.2, 0.25) is 0 Å². The largest absolute Gasteiger partial charge is 0.492 e. The lowest BCUT2D eigenvalue weighted by molar-refractivity contribution is 0.342. The maximum atomic E-state index is 12.1. The van der Waals surface area contributed by atoms with Crippen LogP contribution < -0.4 is 14.2 Å². The van der Waals surface area contributed by atoms with Gasteiger partial charge in [-0.3, -0.25) is 4.72 Å². The zero-order valence-corrected chi connectivity index (χ0v) is 12.6. The number of hydrogen-bond donors (Lipinski definition) is 2. The summed E-state index contributed by atoms with van der Waals surface area (Å²) in [6, 6.07) is 16.2. The summed E-state index contributed by atoms with van der Waals surface area (Å²) in [5.41, 5.74) is 1.31. The van der Waals surface area contributed by atoms with Crippen molar-refractivity contribution in [1.29, 1.82) is 0 Å². The normalized spacial score (nSPS) is 11.1. The first kappa shape index (κ1) is 15.3. The van der Waals surface area contributed by atoms with Gasteiger partial charge in [0.25, 0.3) is 10.2 Å². The highest BCUT2D eigenvalue weighted by Gasteiger charge is 2.12. The molecule has 21 heavy (non-hydrogen) atoms. The first-order valence-electron chi connectivity index (χ1n) is 6.64. The number of ether oxygens (including phenoxy) is 1. The number of hydrogen-bond acceptors (Lipinski definition) is 3. The highest BCUT2D eigenvalue weighted by atomic mass is 32.2. The summed E-state index contributed by atoms with van der Waals surface area (Å²) in [4.78, 5) is 0. The lowest BCUT2D eigenvalue weighted by Gasteiger charge is -2.13. The van der Waals surface area contributed by atoms with Crippen LogP contribution in [0.1, 0.15) is 12.5 Å². The summed E-state index contributed by atoms with van der Waals surface area (Å²) >= 11 is 0. The van der Waals surface area contributed by atoms with Crippen molar-refractivity contribution in [2.75, 3.05) is 11.3 Å². The highest BCUT2D eigenvalue weighted by molar-refractivity contribution is 7.90. The molecule has 0 unspecified atom stereocenters. The van der Waals surface area contributed by atoms with Gasteiger partial charge in [-0.25, -0.2) is 0 Å². The smallest absolute Gasteiger partial charge is 0.299 e. The molecule has 6 heteroatoms. The monoisotopic (exact) mass is 306 g/mol. The summed E-state index contributed by atoms with van der Waals surface area (Å²) in [5, 5.41) is 0. The van der Waals surface area contributed by atoms with Gasteiger partial charge >= 0.3 is 0 Å². The second-order valence-corrected chi connectivity index (χ2v) is 5.84. The Bertz CT molecular complexity index is 672. The van der Waals surface area contributed by atoms with Crippen molar-refractivity contribution >= 4 is 15.9 Å². The molecule has 2 aromatic carbocycles. The van der Waals surface area contributed by atoms with Gasteiger partial charge in [-0.1, -0.05) is 42.5 Å². The molecule has 0 aromatic heterocycles. The van der Waals surface area contributed by atoms with E-state index >= 15 is 0 Å². The van der Waals surface area contributed by atoms with Crippen molar-refractivity contribution in [1.82, 2.24) is 4.72 Å². The average Bonchev–Trinajstić information content (AvgIpc) is 2.48. The van der Waals surface area contributed by atoms with Crippen LogP contribution >= 0.6 is 0 Å². The van der Waals surface area contributed by atoms with Crippen LogP contribution in [0.15, 0.2) is 54.6 Å². The van der Waals surface area contributed by atoms with E-state index in [0.717, 1.165) is 5.56 Å². The van der Waals surface area contributed by atoms with Gasteiger partial charge in [0.05, 0.1) is 12.3 Å². The predicted molar refractivity (Wildman–Crippen MR) is 83.4 cm³/mol. The Balaban J connectivity index is 2.04. The number of anilines is 1. The Hall–Kier alpha value is -2.05. The van der Waals surface area contributed by atoms with E-state index in [1.807, 2.05) is 37.3 Å². The van der Waals surface area contributed by atoms with Gasteiger partial charge in [-0.05, 0) is 24.6 Å². The van der Waals surface area contributed by atoms with Crippen molar-refractivity contribution in [2.45, 2.75) is 13.5 Å². The van der Waals surface area contributed by atoms with Crippen molar-refractivity contribution < 1.29 is 13.2 Å². The van der Waals surface area contributed by atoms with Gasteiger partial charge < -0.3 is 4.74 Å². The second kappa shape index (κ2) is 7.10. The molecule has 2 aromatic rings. The summed E-state index contributed by atoms with van der Waals surface area (Å²) in [6.45, 7) is 2.54. The molecular weight excluding hydrogens is 288 g/mol. The van der Waals surface area contributed by atoms with E-state index in [0.29, 0.717) is 18.0 Å². The lowest BCUT2D eigenvalue weighted by Crippen LogP contribution is -2.29. The molecule has 0 bridgehead atoms. The summed E-state index contributed by atoms with van der Waals surface area (Å²) in [5.74, 6) is 0.505. The van der Waals surface area contributed by atoms with Gasteiger partial charge in [-0.2, -0.15) is 13.1 Å². The van der Waals surface area contributed by atoms with E-state index in [1.54, 1.807) is 24.3 Å². The SMILES string of the molecule is CCOc1ccccc1NS(=O)(=O)NCc1ccccc1. The zero-order valence-electron chi connectivity index (χ0n) is 11.7. The molecule has 112 valence electrons. The van der Waals surface area contributed by atoms with E-state index in [-0.39, 0.29) is 6.54 Å². The van der Waals surface area contributed by atoms with Gasteiger partial charge in [0.1, 0.15) is 5.75 Å². The molecule has 2 N–H and O–H groups in total. The third-order valence-electron chi connectivity index (χ3n) is 2.74. The fraction of sp³-hybridized carbons (Fsp3) is 0.200. The number of nitrogens with one attached hydrogen (secondary N) is 2. The molecule has 0 saturated heterocycles. The third-order valence-corrected chi connectivity index (χ3v) is 3.75. The molecule has 0 saturated carbocycles. The van der Waals surface area contributed by atoms with Crippen molar-refractivity contribution in [3.05, 3.63) is 60.2 Å². The van der Waals surface area contributed by atoms with Crippen LogP contribution in [-0.4, -0.2) is 15.0 Å². The summed E-state index contributed by atoms with van der Waals surface area (Å²) in [6.07, 6.45) is 0. The molecule has 0 heterocycles. The predicted octanol–water partition coefficient (Wildman–Crippen LogP) is 2.53. The Morgan fingerprint density at radius 2 is 1.67 bits per heavy atom. The first-order chi connectivity index (χ1) is 10.1. The first-order valence-corrected chi connectivity index (χ1v) is 8.12. The molecule has 0 atom stereocenters. The van der Waals surface area contributed by atoms with Crippen molar-refractivity contribution in [2.24, 2.45) is 0 Å². The van der Waals surface area contributed by atoms with Crippen LogP contribution in [0.3, 0.4) is 0 Å². The minimum Gasteiger partial charge on any atom is -0.492 e. The van der Waals surface area contributed by atoms with Gasteiger partial charge in [-0.15, -0.1) is 0 Å². The molecule has 0 aliphatic rings. The van der Waals surface area contributed by atoms with Gasteiger partial charge in [0, 0.05) is 6.54 Å². The number of benzene rings is 2. The quantitative estimate of drug-likeness (QED) is 0.826. The second-order valence-electron chi connectivity index (χ2n) is 4.34. The van der Waals surface area contributed by atoms with E-state index in [2.05, 4.69) is 9.44 Å². The van der Waals surface area contributed by atoms with E-state index in [9.17, 15) is 8.42 Å². The molecule has 0 aliphatic carbocycles.